The normalized spacial score (nSPS) is 14.5. The predicted octanol–water partition coefficient (Wildman–Crippen LogP) is -0.643. The van der Waals surface area contributed by atoms with E-state index in [2.05, 4.69) is 10.6 Å². The van der Waals surface area contributed by atoms with E-state index in [1.165, 1.54) is 6.07 Å². The number of carboxylic acid groups (broad SMARTS) is 1. The first-order chi connectivity index (χ1) is 8.97. The van der Waals surface area contributed by atoms with Crippen LogP contribution in [-0.2, 0) is 16.0 Å². The predicted molar refractivity (Wildman–Crippen MR) is 64.8 cm³/mol. The van der Waals surface area contributed by atoms with E-state index in [0.717, 1.165) is 5.56 Å². The molecule has 0 bridgehead atoms. The minimum absolute atomic E-state index is 0.131. The van der Waals surface area contributed by atoms with Crippen LogP contribution in [0.4, 0.5) is 5.69 Å². The quantitative estimate of drug-likeness (QED) is 0.577. The van der Waals surface area contributed by atoms with E-state index in [0.29, 0.717) is 11.3 Å². The van der Waals surface area contributed by atoms with E-state index in [1.54, 1.807) is 12.1 Å². The van der Waals surface area contributed by atoms with Crippen molar-refractivity contribution in [3.8, 4) is 0 Å². The molecule has 7 heteroatoms. The fourth-order valence-electron chi connectivity index (χ4n) is 1.75. The maximum atomic E-state index is 11.7. The monoisotopic (exact) mass is 264 g/mol. The first-order valence-corrected chi connectivity index (χ1v) is 5.59. The van der Waals surface area contributed by atoms with Crippen LogP contribution in [0.25, 0.3) is 0 Å². The molecule has 2 amide bonds. The van der Waals surface area contributed by atoms with Gasteiger partial charge in [-0.2, -0.15) is 0 Å². The van der Waals surface area contributed by atoms with Crippen LogP contribution in [0.1, 0.15) is 15.9 Å². The molecule has 0 aliphatic carbocycles. The number of fused-ring (bicyclic) bond motifs is 1. The largest absolute Gasteiger partial charge is 0.479 e. The number of benzene rings is 1. The van der Waals surface area contributed by atoms with Gasteiger partial charge in [0.05, 0.1) is 13.0 Å². The Balaban J connectivity index is 2.03. The number of carbonyl (C=O) groups is 3. The highest BCUT2D eigenvalue weighted by atomic mass is 16.4. The van der Waals surface area contributed by atoms with Crippen molar-refractivity contribution >= 4 is 23.5 Å². The van der Waals surface area contributed by atoms with Crippen molar-refractivity contribution in [1.29, 1.82) is 0 Å². The van der Waals surface area contributed by atoms with Crippen molar-refractivity contribution in [2.24, 2.45) is 0 Å². The topological polar surface area (TPSA) is 116 Å². The minimum atomic E-state index is -1.64. The summed E-state index contributed by atoms with van der Waals surface area (Å²) >= 11 is 0. The second-order valence-corrected chi connectivity index (χ2v) is 4.16. The highest BCUT2D eigenvalue weighted by molar-refractivity contribution is 6.01. The second-order valence-electron chi connectivity index (χ2n) is 4.16. The van der Waals surface area contributed by atoms with Crippen LogP contribution in [0.5, 0.6) is 0 Å². The van der Waals surface area contributed by atoms with Gasteiger partial charge in [-0.05, 0) is 23.8 Å². The Kier molecular flexibility index (Phi) is 3.48. The summed E-state index contributed by atoms with van der Waals surface area (Å²) in [7, 11) is 0. The molecule has 0 saturated carbocycles. The zero-order valence-corrected chi connectivity index (χ0v) is 9.84. The maximum absolute atomic E-state index is 11.7. The molecule has 2 rings (SSSR count). The molecule has 4 N–H and O–H groups in total. The third-order valence-electron chi connectivity index (χ3n) is 2.73. The SMILES string of the molecule is O=C1Cc2cc(C(=O)NC[C@H](O)C(=O)O)ccc2N1. The van der Waals surface area contributed by atoms with Gasteiger partial charge in [0.25, 0.3) is 5.91 Å². The third-order valence-corrected chi connectivity index (χ3v) is 2.73. The molecule has 19 heavy (non-hydrogen) atoms. The molecule has 0 spiro atoms. The van der Waals surface area contributed by atoms with Crippen molar-refractivity contribution in [3.63, 3.8) is 0 Å². The number of anilines is 1. The standard InChI is InChI=1S/C12H12N2O5/c15-9(12(18)19)5-13-11(17)6-1-2-8-7(3-6)4-10(16)14-8/h1-3,9,15H,4-5H2,(H,13,17)(H,14,16)(H,18,19)/t9-/m0/s1. The molecule has 0 aromatic heterocycles. The van der Waals surface area contributed by atoms with Crippen molar-refractivity contribution in [2.45, 2.75) is 12.5 Å². The second kappa shape index (κ2) is 5.07. The summed E-state index contributed by atoms with van der Waals surface area (Å²) < 4.78 is 0. The summed E-state index contributed by atoms with van der Waals surface area (Å²) in [5.74, 6) is -2.03. The van der Waals surface area contributed by atoms with Crippen LogP contribution >= 0.6 is 0 Å². The third kappa shape index (κ3) is 2.89. The molecular formula is C12H12N2O5. The van der Waals surface area contributed by atoms with Crippen molar-refractivity contribution < 1.29 is 24.6 Å². The van der Waals surface area contributed by atoms with Crippen LogP contribution in [0.2, 0.25) is 0 Å². The van der Waals surface area contributed by atoms with Gasteiger partial charge in [0.1, 0.15) is 0 Å². The van der Waals surface area contributed by atoms with Gasteiger partial charge in [-0.15, -0.1) is 0 Å². The van der Waals surface area contributed by atoms with Gasteiger partial charge >= 0.3 is 5.97 Å². The smallest absolute Gasteiger partial charge is 0.334 e. The Bertz CT molecular complexity index is 555. The number of hydrogen-bond donors (Lipinski definition) is 4. The lowest BCUT2D eigenvalue weighted by molar-refractivity contribution is -0.146. The lowest BCUT2D eigenvalue weighted by Gasteiger charge is -2.08. The summed E-state index contributed by atoms with van der Waals surface area (Å²) in [5, 5.41) is 22.5. The maximum Gasteiger partial charge on any atom is 0.334 e. The van der Waals surface area contributed by atoms with Crippen LogP contribution in [0, 0.1) is 0 Å². The van der Waals surface area contributed by atoms with Crippen molar-refractivity contribution in [1.82, 2.24) is 5.32 Å². The number of amides is 2. The van der Waals surface area contributed by atoms with E-state index < -0.39 is 18.0 Å². The van der Waals surface area contributed by atoms with Gasteiger partial charge in [0, 0.05) is 11.3 Å². The van der Waals surface area contributed by atoms with E-state index in [1.807, 2.05) is 0 Å². The highest BCUT2D eigenvalue weighted by Crippen LogP contribution is 2.23. The average molecular weight is 264 g/mol. The lowest BCUT2D eigenvalue weighted by Crippen LogP contribution is -2.36. The van der Waals surface area contributed by atoms with Crippen molar-refractivity contribution in [2.75, 3.05) is 11.9 Å². The molecule has 1 aromatic rings. The van der Waals surface area contributed by atoms with E-state index >= 15 is 0 Å². The molecule has 1 heterocycles. The number of aliphatic carboxylic acids is 1. The fraction of sp³-hybridized carbons (Fsp3) is 0.250. The molecule has 0 unspecified atom stereocenters. The summed E-state index contributed by atoms with van der Waals surface area (Å²) in [6.45, 7) is -0.373. The zero-order chi connectivity index (χ0) is 14.0. The van der Waals surface area contributed by atoms with Gasteiger partial charge in [-0.1, -0.05) is 0 Å². The zero-order valence-electron chi connectivity index (χ0n) is 9.84. The van der Waals surface area contributed by atoms with Crippen LogP contribution in [-0.4, -0.2) is 40.6 Å². The number of aliphatic hydroxyl groups excluding tert-OH is 1. The Morgan fingerprint density at radius 1 is 1.42 bits per heavy atom. The van der Waals surface area contributed by atoms with Gasteiger partial charge in [0.15, 0.2) is 6.10 Å². The number of carbonyl (C=O) groups excluding carboxylic acids is 2. The minimum Gasteiger partial charge on any atom is -0.479 e. The van der Waals surface area contributed by atoms with E-state index in [-0.39, 0.29) is 18.9 Å². The molecule has 0 radical (unpaired) electrons. The summed E-state index contributed by atoms with van der Waals surface area (Å²) in [6, 6.07) is 4.70. The molecule has 1 aliphatic heterocycles. The molecule has 7 nitrogen and oxygen atoms in total. The number of carboxylic acids is 1. The number of nitrogens with one attached hydrogen (secondary N) is 2. The molecule has 1 atom stereocenters. The molecular weight excluding hydrogens is 252 g/mol. The van der Waals surface area contributed by atoms with Crippen LogP contribution in [0.3, 0.4) is 0 Å². The number of hydrogen-bond acceptors (Lipinski definition) is 4. The van der Waals surface area contributed by atoms with Gasteiger partial charge in [-0.25, -0.2) is 4.79 Å². The first-order valence-electron chi connectivity index (χ1n) is 5.59. The first kappa shape index (κ1) is 13.0. The van der Waals surface area contributed by atoms with Gasteiger partial charge in [0.2, 0.25) is 5.91 Å². The van der Waals surface area contributed by atoms with Crippen molar-refractivity contribution in [3.05, 3.63) is 29.3 Å². The summed E-state index contributed by atoms with van der Waals surface area (Å²) in [4.78, 5) is 33.3. The summed E-state index contributed by atoms with van der Waals surface area (Å²) in [5.41, 5.74) is 1.70. The fourth-order valence-corrected chi connectivity index (χ4v) is 1.75. The summed E-state index contributed by atoms with van der Waals surface area (Å²) in [6.07, 6.45) is -1.42. The lowest BCUT2D eigenvalue weighted by atomic mass is 10.1. The Hall–Kier alpha value is -2.41. The molecule has 1 aromatic carbocycles. The molecule has 100 valence electrons. The van der Waals surface area contributed by atoms with Crippen LogP contribution < -0.4 is 10.6 Å². The van der Waals surface area contributed by atoms with Gasteiger partial charge < -0.3 is 20.8 Å². The molecule has 0 fully saturated rings. The molecule has 0 saturated heterocycles. The Labute approximate surface area is 108 Å². The van der Waals surface area contributed by atoms with E-state index in [4.69, 9.17) is 10.2 Å². The molecule has 1 aliphatic rings. The van der Waals surface area contributed by atoms with Crippen LogP contribution in [0.15, 0.2) is 18.2 Å². The number of aliphatic hydroxyl groups is 1. The van der Waals surface area contributed by atoms with E-state index in [9.17, 15) is 14.4 Å². The Morgan fingerprint density at radius 3 is 2.84 bits per heavy atom. The van der Waals surface area contributed by atoms with Gasteiger partial charge in [-0.3, -0.25) is 9.59 Å². The highest BCUT2D eigenvalue weighted by Gasteiger charge is 2.20. The average Bonchev–Trinajstić information content (AvgIpc) is 2.74. The number of rotatable bonds is 4. The Morgan fingerprint density at radius 2 is 2.16 bits per heavy atom.